The van der Waals surface area contributed by atoms with Crippen molar-refractivity contribution in [3.63, 3.8) is 0 Å². The SMILES string of the molecule is CC(c1ccc(Cl)cc1)N(C)c1ccc(CCN)c(Cl)c1. The molecule has 0 amide bonds. The maximum absolute atomic E-state index is 6.32. The molecule has 112 valence electrons. The summed E-state index contributed by atoms with van der Waals surface area (Å²) in [5.74, 6) is 0. The van der Waals surface area contributed by atoms with Gasteiger partial charge in [-0.1, -0.05) is 41.4 Å². The van der Waals surface area contributed by atoms with Gasteiger partial charge in [0.1, 0.15) is 0 Å². The highest BCUT2D eigenvalue weighted by molar-refractivity contribution is 6.31. The highest BCUT2D eigenvalue weighted by atomic mass is 35.5. The fraction of sp³-hybridized carbons (Fsp3) is 0.294. The zero-order chi connectivity index (χ0) is 15.4. The zero-order valence-electron chi connectivity index (χ0n) is 12.3. The van der Waals surface area contributed by atoms with Gasteiger partial charge in [-0.15, -0.1) is 0 Å². The van der Waals surface area contributed by atoms with E-state index in [0.717, 1.165) is 27.7 Å². The van der Waals surface area contributed by atoms with Crippen molar-refractivity contribution in [3.8, 4) is 0 Å². The topological polar surface area (TPSA) is 29.3 Å². The number of benzene rings is 2. The maximum Gasteiger partial charge on any atom is 0.0511 e. The third-order valence-electron chi connectivity index (χ3n) is 3.79. The third kappa shape index (κ3) is 3.91. The molecule has 0 spiro atoms. The van der Waals surface area contributed by atoms with Gasteiger partial charge in [0.15, 0.2) is 0 Å². The van der Waals surface area contributed by atoms with E-state index in [1.807, 2.05) is 30.3 Å². The Morgan fingerprint density at radius 3 is 2.33 bits per heavy atom. The quantitative estimate of drug-likeness (QED) is 0.865. The average molecular weight is 323 g/mol. The van der Waals surface area contributed by atoms with Gasteiger partial charge in [-0.05, 0) is 55.3 Å². The van der Waals surface area contributed by atoms with Gasteiger partial charge in [-0.25, -0.2) is 0 Å². The van der Waals surface area contributed by atoms with Crippen molar-refractivity contribution in [2.24, 2.45) is 5.73 Å². The first-order valence-corrected chi connectivity index (χ1v) is 7.75. The lowest BCUT2D eigenvalue weighted by Gasteiger charge is -2.28. The van der Waals surface area contributed by atoms with Crippen molar-refractivity contribution >= 4 is 28.9 Å². The van der Waals surface area contributed by atoms with E-state index in [1.165, 1.54) is 5.56 Å². The average Bonchev–Trinajstić information content (AvgIpc) is 2.49. The summed E-state index contributed by atoms with van der Waals surface area (Å²) >= 11 is 12.3. The molecule has 0 aromatic heterocycles. The summed E-state index contributed by atoms with van der Waals surface area (Å²) in [6.45, 7) is 2.76. The molecule has 0 aliphatic carbocycles. The largest absolute Gasteiger partial charge is 0.368 e. The first-order chi connectivity index (χ1) is 10.0. The number of nitrogens with zero attached hydrogens (tertiary/aromatic N) is 1. The van der Waals surface area contributed by atoms with E-state index in [-0.39, 0.29) is 6.04 Å². The van der Waals surface area contributed by atoms with Crippen molar-refractivity contribution in [1.29, 1.82) is 0 Å². The molecular formula is C17H20Cl2N2. The Morgan fingerprint density at radius 2 is 1.76 bits per heavy atom. The molecule has 2 aromatic carbocycles. The van der Waals surface area contributed by atoms with Crippen LogP contribution in [0.1, 0.15) is 24.1 Å². The van der Waals surface area contributed by atoms with Gasteiger partial charge in [-0.2, -0.15) is 0 Å². The monoisotopic (exact) mass is 322 g/mol. The molecule has 1 atom stereocenters. The summed E-state index contributed by atoms with van der Waals surface area (Å²) in [6, 6.07) is 14.3. The zero-order valence-corrected chi connectivity index (χ0v) is 13.8. The second-order valence-electron chi connectivity index (χ2n) is 5.15. The minimum atomic E-state index is 0.235. The van der Waals surface area contributed by atoms with Crippen LogP contribution in [-0.2, 0) is 6.42 Å². The number of halogens is 2. The van der Waals surface area contributed by atoms with Crippen molar-refractivity contribution in [3.05, 3.63) is 63.6 Å². The summed E-state index contributed by atoms with van der Waals surface area (Å²) in [7, 11) is 2.06. The lowest BCUT2D eigenvalue weighted by molar-refractivity contribution is 0.739. The number of rotatable bonds is 5. The molecule has 2 rings (SSSR count). The minimum Gasteiger partial charge on any atom is -0.368 e. The van der Waals surface area contributed by atoms with Gasteiger partial charge < -0.3 is 10.6 Å². The number of anilines is 1. The molecule has 0 radical (unpaired) electrons. The number of hydrogen-bond donors (Lipinski definition) is 1. The first-order valence-electron chi connectivity index (χ1n) is 6.99. The van der Waals surface area contributed by atoms with Crippen LogP contribution in [0, 0.1) is 0 Å². The van der Waals surface area contributed by atoms with E-state index < -0.39 is 0 Å². The summed E-state index contributed by atoms with van der Waals surface area (Å²) in [5, 5.41) is 1.52. The summed E-state index contributed by atoms with van der Waals surface area (Å²) in [6.07, 6.45) is 0.801. The Labute approximate surface area is 136 Å². The minimum absolute atomic E-state index is 0.235. The molecule has 0 aliphatic rings. The Kier molecular flexibility index (Phi) is 5.51. The lowest BCUT2D eigenvalue weighted by Crippen LogP contribution is -2.21. The second-order valence-corrected chi connectivity index (χ2v) is 6.00. The normalized spacial score (nSPS) is 12.2. The third-order valence-corrected chi connectivity index (χ3v) is 4.39. The molecule has 0 aliphatic heterocycles. The van der Waals surface area contributed by atoms with Crippen LogP contribution in [0.4, 0.5) is 5.69 Å². The van der Waals surface area contributed by atoms with E-state index in [0.29, 0.717) is 6.54 Å². The van der Waals surface area contributed by atoms with Crippen molar-refractivity contribution in [2.45, 2.75) is 19.4 Å². The van der Waals surface area contributed by atoms with Crippen molar-refractivity contribution < 1.29 is 0 Å². The number of nitrogens with two attached hydrogens (primary N) is 1. The second kappa shape index (κ2) is 7.17. The molecule has 2 aromatic rings. The van der Waals surface area contributed by atoms with Crippen LogP contribution < -0.4 is 10.6 Å². The fourth-order valence-corrected chi connectivity index (χ4v) is 2.70. The molecule has 0 saturated carbocycles. The van der Waals surface area contributed by atoms with Gasteiger partial charge in [0.05, 0.1) is 6.04 Å². The van der Waals surface area contributed by atoms with Gasteiger partial charge in [0, 0.05) is 22.8 Å². The Balaban J connectivity index is 2.20. The fourth-order valence-electron chi connectivity index (χ4n) is 2.30. The summed E-state index contributed by atoms with van der Waals surface area (Å²) in [4.78, 5) is 2.20. The van der Waals surface area contributed by atoms with Crippen LogP contribution in [0.25, 0.3) is 0 Å². The predicted molar refractivity (Wildman–Crippen MR) is 92.5 cm³/mol. The molecule has 0 saturated heterocycles. The van der Waals surface area contributed by atoms with Crippen LogP contribution in [0.15, 0.2) is 42.5 Å². The van der Waals surface area contributed by atoms with E-state index >= 15 is 0 Å². The summed E-state index contributed by atoms with van der Waals surface area (Å²) in [5.41, 5.74) is 8.98. The van der Waals surface area contributed by atoms with Gasteiger partial charge in [0.2, 0.25) is 0 Å². The highest BCUT2D eigenvalue weighted by Gasteiger charge is 2.13. The van der Waals surface area contributed by atoms with Gasteiger partial charge >= 0.3 is 0 Å². The Bertz CT molecular complexity index is 596. The summed E-state index contributed by atoms with van der Waals surface area (Å²) < 4.78 is 0. The van der Waals surface area contributed by atoms with Gasteiger partial charge in [-0.3, -0.25) is 0 Å². The molecule has 1 unspecified atom stereocenters. The first kappa shape index (κ1) is 16.2. The number of hydrogen-bond acceptors (Lipinski definition) is 2. The molecule has 2 nitrogen and oxygen atoms in total. The van der Waals surface area contributed by atoms with Crippen LogP contribution in [0.5, 0.6) is 0 Å². The molecular weight excluding hydrogens is 303 g/mol. The molecule has 0 heterocycles. The van der Waals surface area contributed by atoms with E-state index in [2.05, 4.69) is 31.0 Å². The van der Waals surface area contributed by atoms with Crippen LogP contribution in [-0.4, -0.2) is 13.6 Å². The lowest BCUT2D eigenvalue weighted by atomic mass is 10.1. The van der Waals surface area contributed by atoms with Crippen LogP contribution in [0.2, 0.25) is 10.0 Å². The molecule has 21 heavy (non-hydrogen) atoms. The Morgan fingerprint density at radius 1 is 1.10 bits per heavy atom. The van der Waals surface area contributed by atoms with Crippen molar-refractivity contribution in [2.75, 3.05) is 18.5 Å². The van der Waals surface area contributed by atoms with E-state index in [4.69, 9.17) is 28.9 Å². The maximum atomic E-state index is 6.32. The Hall–Kier alpha value is -1.22. The standard InChI is InChI=1S/C17H20Cl2N2/c1-12(13-3-6-15(18)7-4-13)21(2)16-8-5-14(9-10-20)17(19)11-16/h3-8,11-12H,9-10,20H2,1-2H3. The predicted octanol–water partition coefficient (Wildman–Crippen LogP) is 4.69. The van der Waals surface area contributed by atoms with E-state index in [1.54, 1.807) is 0 Å². The van der Waals surface area contributed by atoms with Gasteiger partial charge in [0.25, 0.3) is 0 Å². The highest BCUT2D eigenvalue weighted by Crippen LogP contribution is 2.29. The van der Waals surface area contributed by atoms with Crippen LogP contribution in [0.3, 0.4) is 0 Å². The van der Waals surface area contributed by atoms with E-state index in [9.17, 15) is 0 Å². The molecule has 4 heteroatoms. The van der Waals surface area contributed by atoms with Crippen LogP contribution >= 0.6 is 23.2 Å². The molecule has 0 fully saturated rings. The molecule has 2 N–H and O–H groups in total. The smallest absolute Gasteiger partial charge is 0.0511 e. The van der Waals surface area contributed by atoms with Crippen molar-refractivity contribution in [1.82, 2.24) is 0 Å². The molecule has 0 bridgehead atoms.